The molecule has 0 bridgehead atoms. The van der Waals surface area contributed by atoms with Crippen LogP contribution in [-0.2, 0) is 17.8 Å². The number of benzene rings is 1. The molecule has 0 saturated carbocycles. The molecule has 1 aromatic rings. The molecule has 0 heterocycles. The van der Waals surface area contributed by atoms with Gasteiger partial charge in [0.1, 0.15) is 0 Å². The lowest BCUT2D eigenvalue weighted by Gasteiger charge is -2.09. The second kappa shape index (κ2) is 6.25. The van der Waals surface area contributed by atoms with E-state index in [2.05, 4.69) is 6.07 Å². The number of carbonyl (C=O) groups excluding carboxylic acids is 1. The van der Waals surface area contributed by atoms with E-state index >= 15 is 0 Å². The van der Waals surface area contributed by atoms with Crippen LogP contribution in [0.3, 0.4) is 0 Å². The van der Waals surface area contributed by atoms with Gasteiger partial charge < -0.3 is 17.2 Å². The van der Waals surface area contributed by atoms with Gasteiger partial charge in [-0.15, -0.1) is 0 Å². The highest BCUT2D eigenvalue weighted by molar-refractivity contribution is 5.79. The van der Waals surface area contributed by atoms with E-state index in [9.17, 15) is 4.79 Å². The highest BCUT2D eigenvalue weighted by atomic mass is 16.1. The molecule has 0 aliphatic carbocycles. The number of hydrogen-bond acceptors (Lipinski definition) is 3. The summed E-state index contributed by atoms with van der Waals surface area (Å²) in [4.78, 5) is 10.7. The molecule has 1 atom stereocenters. The summed E-state index contributed by atoms with van der Waals surface area (Å²) in [6, 6.07) is 7.50. The Bertz CT molecular complexity index is 352. The van der Waals surface area contributed by atoms with Crippen LogP contribution < -0.4 is 17.2 Å². The molecule has 4 nitrogen and oxygen atoms in total. The highest BCUT2D eigenvalue weighted by Gasteiger charge is 2.08. The zero-order valence-electron chi connectivity index (χ0n) is 9.36. The fraction of sp³-hybridized carbons (Fsp3) is 0.417. The minimum Gasteiger partial charge on any atom is -0.368 e. The molecule has 0 aliphatic rings. The number of primary amides is 1. The Morgan fingerprint density at radius 1 is 1.25 bits per heavy atom. The molecule has 0 spiro atoms. The summed E-state index contributed by atoms with van der Waals surface area (Å²) < 4.78 is 0. The largest absolute Gasteiger partial charge is 0.368 e. The molecular formula is C12H19N3O. The number of hydrogen-bond donors (Lipinski definition) is 3. The van der Waals surface area contributed by atoms with Crippen LogP contribution in [0.5, 0.6) is 0 Å². The van der Waals surface area contributed by atoms with Gasteiger partial charge in [0.15, 0.2) is 0 Å². The fourth-order valence-corrected chi connectivity index (χ4v) is 1.66. The van der Waals surface area contributed by atoms with Gasteiger partial charge in [-0.1, -0.05) is 24.3 Å². The van der Waals surface area contributed by atoms with Gasteiger partial charge >= 0.3 is 0 Å². The van der Waals surface area contributed by atoms with Gasteiger partial charge in [-0.05, 0) is 30.4 Å². The van der Waals surface area contributed by atoms with E-state index in [0.29, 0.717) is 13.0 Å². The normalized spacial score (nSPS) is 12.4. The maximum atomic E-state index is 10.7. The molecule has 6 N–H and O–H groups in total. The van der Waals surface area contributed by atoms with Crippen molar-refractivity contribution in [3.8, 4) is 0 Å². The molecule has 0 saturated heterocycles. The Labute approximate surface area is 95.8 Å². The third kappa shape index (κ3) is 3.64. The van der Waals surface area contributed by atoms with E-state index in [-0.39, 0.29) is 0 Å². The zero-order chi connectivity index (χ0) is 12.0. The predicted octanol–water partition coefficient (Wildman–Crippen LogP) is 0.281. The molecule has 16 heavy (non-hydrogen) atoms. The number of rotatable bonds is 6. The van der Waals surface area contributed by atoms with Crippen molar-refractivity contribution in [2.24, 2.45) is 17.2 Å². The van der Waals surface area contributed by atoms with E-state index in [1.807, 2.05) is 18.2 Å². The minimum absolute atomic E-state index is 0.438. The SMILES string of the molecule is NCc1ccccc1CCC[C@H](N)C(N)=O. The van der Waals surface area contributed by atoms with Crippen molar-refractivity contribution >= 4 is 5.91 Å². The molecule has 0 aromatic heterocycles. The van der Waals surface area contributed by atoms with Crippen LogP contribution in [-0.4, -0.2) is 11.9 Å². The molecule has 88 valence electrons. The average molecular weight is 221 g/mol. The lowest BCUT2D eigenvalue weighted by atomic mass is 10.0. The second-order valence-electron chi connectivity index (χ2n) is 3.87. The Hall–Kier alpha value is -1.39. The van der Waals surface area contributed by atoms with Crippen molar-refractivity contribution in [3.05, 3.63) is 35.4 Å². The quantitative estimate of drug-likeness (QED) is 0.644. The van der Waals surface area contributed by atoms with Crippen LogP contribution in [0.25, 0.3) is 0 Å². The number of nitrogens with two attached hydrogens (primary N) is 3. The van der Waals surface area contributed by atoms with Gasteiger partial charge in [0, 0.05) is 6.54 Å². The Morgan fingerprint density at radius 3 is 2.44 bits per heavy atom. The van der Waals surface area contributed by atoms with Crippen LogP contribution >= 0.6 is 0 Å². The molecular weight excluding hydrogens is 202 g/mol. The molecule has 1 rings (SSSR count). The molecule has 0 fully saturated rings. The minimum atomic E-state index is -0.537. The standard InChI is InChI=1S/C12H19N3O/c13-8-10-5-2-1-4-9(10)6-3-7-11(14)12(15)16/h1-2,4-5,11H,3,6-8,13-14H2,(H2,15,16)/t11-/m0/s1. The molecule has 1 amide bonds. The maximum Gasteiger partial charge on any atom is 0.234 e. The summed E-state index contributed by atoms with van der Waals surface area (Å²) in [7, 11) is 0. The number of aryl methyl sites for hydroxylation is 1. The number of amides is 1. The van der Waals surface area contributed by atoms with Gasteiger partial charge in [0.25, 0.3) is 0 Å². The van der Waals surface area contributed by atoms with E-state index in [4.69, 9.17) is 17.2 Å². The Kier molecular flexibility index (Phi) is 4.95. The lowest BCUT2D eigenvalue weighted by Crippen LogP contribution is -2.36. The molecule has 0 aliphatic heterocycles. The van der Waals surface area contributed by atoms with Gasteiger partial charge in [-0.2, -0.15) is 0 Å². The maximum absolute atomic E-state index is 10.7. The van der Waals surface area contributed by atoms with Gasteiger partial charge in [-0.25, -0.2) is 0 Å². The third-order valence-corrected chi connectivity index (χ3v) is 2.66. The third-order valence-electron chi connectivity index (χ3n) is 2.66. The van der Waals surface area contributed by atoms with Gasteiger partial charge in [0.2, 0.25) is 5.91 Å². The lowest BCUT2D eigenvalue weighted by molar-refractivity contribution is -0.119. The fourth-order valence-electron chi connectivity index (χ4n) is 1.66. The molecule has 4 heteroatoms. The first-order valence-electron chi connectivity index (χ1n) is 5.47. The van der Waals surface area contributed by atoms with Crippen molar-refractivity contribution in [1.29, 1.82) is 0 Å². The Morgan fingerprint density at radius 2 is 1.88 bits per heavy atom. The van der Waals surface area contributed by atoms with E-state index < -0.39 is 11.9 Å². The van der Waals surface area contributed by atoms with Crippen LogP contribution in [0.15, 0.2) is 24.3 Å². The molecule has 1 aromatic carbocycles. The Balaban J connectivity index is 2.45. The number of carbonyl (C=O) groups is 1. The second-order valence-corrected chi connectivity index (χ2v) is 3.87. The summed E-state index contributed by atoms with van der Waals surface area (Å²) in [5, 5.41) is 0. The monoisotopic (exact) mass is 221 g/mol. The van der Waals surface area contributed by atoms with Crippen molar-refractivity contribution in [2.45, 2.75) is 31.8 Å². The van der Waals surface area contributed by atoms with Crippen molar-refractivity contribution in [1.82, 2.24) is 0 Å². The van der Waals surface area contributed by atoms with E-state index in [1.54, 1.807) is 0 Å². The van der Waals surface area contributed by atoms with Crippen LogP contribution in [0.1, 0.15) is 24.0 Å². The predicted molar refractivity (Wildman–Crippen MR) is 64.4 cm³/mol. The zero-order valence-corrected chi connectivity index (χ0v) is 9.36. The smallest absolute Gasteiger partial charge is 0.234 e. The van der Waals surface area contributed by atoms with Crippen LogP contribution in [0, 0.1) is 0 Å². The topological polar surface area (TPSA) is 95.1 Å². The van der Waals surface area contributed by atoms with Crippen LogP contribution in [0.2, 0.25) is 0 Å². The van der Waals surface area contributed by atoms with Crippen molar-refractivity contribution < 1.29 is 4.79 Å². The first kappa shape index (κ1) is 12.7. The van der Waals surface area contributed by atoms with Gasteiger partial charge in [-0.3, -0.25) is 4.79 Å². The average Bonchev–Trinajstić information content (AvgIpc) is 2.29. The highest BCUT2D eigenvalue weighted by Crippen LogP contribution is 2.11. The van der Waals surface area contributed by atoms with Crippen molar-refractivity contribution in [3.63, 3.8) is 0 Å². The first-order chi connectivity index (χ1) is 7.65. The van der Waals surface area contributed by atoms with Crippen molar-refractivity contribution in [2.75, 3.05) is 0 Å². The summed E-state index contributed by atoms with van der Waals surface area (Å²) in [5.41, 5.74) is 18.6. The molecule has 0 radical (unpaired) electrons. The summed E-state index contributed by atoms with van der Waals surface area (Å²) in [5.74, 6) is -0.438. The molecule has 0 unspecified atom stereocenters. The van der Waals surface area contributed by atoms with E-state index in [1.165, 1.54) is 5.56 Å². The van der Waals surface area contributed by atoms with E-state index in [0.717, 1.165) is 18.4 Å². The van der Waals surface area contributed by atoms with Crippen LogP contribution in [0.4, 0.5) is 0 Å². The first-order valence-corrected chi connectivity index (χ1v) is 5.47. The summed E-state index contributed by atoms with van der Waals surface area (Å²) in [6.07, 6.45) is 2.35. The summed E-state index contributed by atoms with van der Waals surface area (Å²) >= 11 is 0. The summed E-state index contributed by atoms with van der Waals surface area (Å²) in [6.45, 7) is 0.540. The van der Waals surface area contributed by atoms with Gasteiger partial charge in [0.05, 0.1) is 6.04 Å².